The SMILES string of the molecule is CCc1c(C(=O)NC[C@H]2CCCO2)c(C)nn1-c1ccc(F)cc1. The van der Waals surface area contributed by atoms with Crippen LogP contribution in [-0.4, -0.2) is 34.9 Å². The van der Waals surface area contributed by atoms with Gasteiger partial charge in [-0.2, -0.15) is 5.10 Å². The second kappa shape index (κ2) is 7.13. The standard InChI is InChI=1S/C18H22FN3O2/c1-3-16-17(18(23)20-11-15-5-4-10-24-15)12(2)21-22(16)14-8-6-13(19)7-9-14/h6-9,15H,3-5,10-11H2,1-2H3,(H,20,23)/t15-/m1/s1. The van der Waals surface area contributed by atoms with Crippen molar-refractivity contribution in [1.82, 2.24) is 15.1 Å². The molecule has 0 radical (unpaired) electrons. The minimum Gasteiger partial charge on any atom is -0.376 e. The summed E-state index contributed by atoms with van der Waals surface area (Å²) in [6, 6.07) is 6.11. The lowest BCUT2D eigenvalue weighted by molar-refractivity contribution is 0.0856. The zero-order valence-corrected chi connectivity index (χ0v) is 14.0. The van der Waals surface area contributed by atoms with Gasteiger partial charge < -0.3 is 10.1 Å². The molecule has 128 valence electrons. The molecule has 1 fully saturated rings. The average molecular weight is 331 g/mol. The van der Waals surface area contributed by atoms with Gasteiger partial charge in [0.2, 0.25) is 0 Å². The minimum atomic E-state index is -0.296. The number of rotatable bonds is 5. The first kappa shape index (κ1) is 16.6. The van der Waals surface area contributed by atoms with Crippen LogP contribution in [0.15, 0.2) is 24.3 Å². The summed E-state index contributed by atoms with van der Waals surface area (Å²) >= 11 is 0. The molecule has 1 atom stereocenters. The average Bonchev–Trinajstić information content (AvgIpc) is 3.20. The number of hydrogen-bond donors (Lipinski definition) is 1. The van der Waals surface area contributed by atoms with E-state index in [0.717, 1.165) is 30.8 Å². The van der Waals surface area contributed by atoms with Crippen molar-refractivity contribution in [1.29, 1.82) is 0 Å². The quantitative estimate of drug-likeness (QED) is 0.916. The Morgan fingerprint density at radius 2 is 2.17 bits per heavy atom. The van der Waals surface area contributed by atoms with Gasteiger partial charge in [-0.25, -0.2) is 9.07 Å². The van der Waals surface area contributed by atoms with Gasteiger partial charge in [0.25, 0.3) is 5.91 Å². The van der Waals surface area contributed by atoms with Crippen molar-refractivity contribution < 1.29 is 13.9 Å². The van der Waals surface area contributed by atoms with Crippen molar-refractivity contribution >= 4 is 5.91 Å². The Morgan fingerprint density at radius 1 is 1.42 bits per heavy atom. The van der Waals surface area contributed by atoms with E-state index in [9.17, 15) is 9.18 Å². The van der Waals surface area contributed by atoms with Crippen LogP contribution in [0.2, 0.25) is 0 Å². The number of nitrogens with zero attached hydrogens (tertiary/aromatic N) is 2. The molecule has 1 saturated heterocycles. The molecule has 6 heteroatoms. The second-order valence-corrected chi connectivity index (χ2v) is 5.99. The van der Waals surface area contributed by atoms with E-state index >= 15 is 0 Å². The predicted octanol–water partition coefficient (Wildman–Crippen LogP) is 2.79. The predicted molar refractivity (Wildman–Crippen MR) is 88.9 cm³/mol. The Kier molecular flexibility index (Phi) is 4.94. The number of hydrogen-bond acceptors (Lipinski definition) is 3. The molecule has 2 heterocycles. The van der Waals surface area contributed by atoms with Crippen molar-refractivity contribution in [2.45, 2.75) is 39.2 Å². The van der Waals surface area contributed by atoms with E-state index in [-0.39, 0.29) is 17.8 Å². The monoisotopic (exact) mass is 331 g/mol. The van der Waals surface area contributed by atoms with Crippen molar-refractivity contribution in [2.75, 3.05) is 13.2 Å². The maximum Gasteiger partial charge on any atom is 0.255 e. The molecule has 1 amide bonds. The van der Waals surface area contributed by atoms with Gasteiger partial charge in [-0.3, -0.25) is 4.79 Å². The van der Waals surface area contributed by atoms with Crippen molar-refractivity contribution in [3.05, 3.63) is 47.0 Å². The van der Waals surface area contributed by atoms with Crippen LogP contribution in [0.3, 0.4) is 0 Å². The zero-order chi connectivity index (χ0) is 17.1. The van der Waals surface area contributed by atoms with Crippen LogP contribution < -0.4 is 5.32 Å². The summed E-state index contributed by atoms with van der Waals surface area (Å²) < 4.78 is 20.4. The van der Waals surface area contributed by atoms with Crippen molar-refractivity contribution in [2.24, 2.45) is 0 Å². The van der Waals surface area contributed by atoms with Crippen LogP contribution in [0.1, 0.15) is 41.5 Å². The highest BCUT2D eigenvalue weighted by Crippen LogP contribution is 2.20. The fourth-order valence-corrected chi connectivity index (χ4v) is 3.09. The van der Waals surface area contributed by atoms with Gasteiger partial charge in [-0.1, -0.05) is 6.92 Å². The van der Waals surface area contributed by atoms with Crippen LogP contribution in [0.25, 0.3) is 5.69 Å². The lowest BCUT2D eigenvalue weighted by atomic mass is 10.1. The van der Waals surface area contributed by atoms with Gasteiger partial charge in [0.1, 0.15) is 5.82 Å². The fourth-order valence-electron chi connectivity index (χ4n) is 3.09. The topological polar surface area (TPSA) is 56.1 Å². The minimum absolute atomic E-state index is 0.103. The summed E-state index contributed by atoms with van der Waals surface area (Å²) in [7, 11) is 0. The molecule has 5 nitrogen and oxygen atoms in total. The molecule has 0 spiro atoms. The van der Waals surface area contributed by atoms with Gasteiger partial charge in [-0.05, 0) is 50.5 Å². The molecule has 3 rings (SSSR count). The zero-order valence-electron chi connectivity index (χ0n) is 14.0. The molecule has 0 bridgehead atoms. The van der Waals surface area contributed by atoms with E-state index in [1.165, 1.54) is 12.1 Å². The molecule has 2 aromatic rings. The lowest BCUT2D eigenvalue weighted by Crippen LogP contribution is -2.32. The molecule has 1 aromatic carbocycles. The highest BCUT2D eigenvalue weighted by molar-refractivity contribution is 5.96. The Balaban J connectivity index is 1.84. The number of carbonyl (C=O) groups excluding carboxylic acids is 1. The number of benzene rings is 1. The van der Waals surface area contributed by atoms with Gasteiger partial charge in [0.05, 0.1) is 28.7 Å². The van der Waals surface area contributed by atoms with Crippen LogP contribution in [0.5, 0.6) is 0 Å². The lowest BCUT2D eigenvalue weighted by Gasteiger charge is -2.12. The molecular formula is C18H22FN3O2. The van der Waals surface area contributed by atoms with Crippen molar-refractivity contribution in [3.63, 3.8) is 0 Å². The normalized spacial score (nSPS) is 17.2. The van der Waals surface area contributed by atoms with Crippen molar-refractivity contribution in [3.8, 4) is 5.69 Å². The Hall–Kier alpha value is -2.21. The Morgan fingerprint density at radius 3 is 2.79 bits per heavy atom. The van der Waals surface area contributed by atoms with Gasteiger partial charge in [0, 0.05) is 13.2 Å². The maximum absolute atomic E-state index is 13.1. The molecule has 24 heavy (non-hydrogen) atoms. The molecule has 0 aliphatic carbocycles. The summed E-state index contributed by atoms with van der Waals surface area (Å²) in [5.74, 6) is -0.427. The number of ether oxygens (including phenoxy) is 1. The molecule has 0 saturated carbocycles. The summed E-state index contributed by atoms with van der Waals surface area (Å²) in [6.07, 6.45) is 2.78. The molecule has 1 aliphatic heterocycles. The summed E-state index contributed by atoms with van der Waals surface area (Å²) in [5, 5.41) is 7.44. The Bertz CT molecular complexity index is 719. The van der Waals surface area contributed by atoms with Crippen LogP contribution >= 0.6 is 0 Å². The summed E-state index contributed by atoms with van der Waals surface area (Å²) in [6.45, 7) is 5.08. The van der Waals surface area contributed by atoms with E-state index in [4.69, 9.17) is 4.74 Å². The fraction of sp³-hybridized carbons (Fsp3) is 0.444. The second-order valence-electron chi connectivity index (χ2n) is 5.99. The number of amides is 1. The van der Waals surface area contributed by atoms with Crippen LogP contribution in [0.4, 0.5) is 4.39 Å². The largest absolute Gasteiger partial charge is 0.376 e. The van der Waals surface area contributed by atoms with E-state index in [2.05, 4.69) is 10.4 Å². The van der Waals surface area contributed by atoms with E-state index in [1.807, 2.05) is 13.8 Å². The van der Waals surface area contributed by atoms with Gasteiger partial charge >= 0.3 is 0 Å². The number of nitrogens with one attached hydrogen (secondary N) is 1. The number of aromatic nitrogens is 2. The number of carbonyl (C=O) groups is 1. The first-order chi connectivity index (χ1) is 11.6. The third-order valence-corrected chi connectivity index (χ3v) is 4.30. The summed E-state index contributed by atoms with van der Waals surface area (Å²) in [5.41, 5.74) is 2.83. The first-order valence-corrected chi connectivity index (χ1v) is 8.34. The Labute approximate surface area is 140 Å². The van der Waals surface area contributed by atoms with E-state index < -0.39 is 0 Å². The smallest absolute Gasteiger partial charge is 0.255 e. The van der Waals surface area contributed by atoms with Gasteiger partial charge in [-0.15, -0.1) is 0 Å². The molecular weight excluding hydrogens is 309 g/mol. The van der Waals surface area contributed by atoms with Gasteiger partial charge in [0.15, 0.2) is 0 Å². The highest BCUT2D eigenvalue weighted by Gasteiger charge is 2.23. The number of halogens is 1. The maximum atomic E-state index is 13.1. The molecule has 1 N–H and O–H groups in total. The van der Waals surface area contributed by atoms with E-state index in [0.29, 0.717) is 24.2 Å². The van der Waals surface area contributed by atoms with Crippen LogP contribution in [-0.2, 0) is 11.2 Å². The van der Waals surface area contributed by atoms with Crippen LogP contribution in [0, 0.1) is 12.7 Å². The molecule has 1 aliphatic rings. The number of aryl methyl sites for hydroxylation is 1. The third kappa shape index (κ3) is 3.33. The molecule has 1 aromatic heterocycles. The van der Waals surface area contributed by atoms with E-state index in [1.54, 1.807) is 16.8 Å². The third-order valence-electron chi connectivity index (χ3n) is 4.30. The highest BCUT2D eigenvalue weighted by atomic mass is 19.1. The molecule has 0 unspecified atom stereocenters. The summed E-state index contributed by atoms with van der Waals surface area (Å²) in [4.78, 5) is 12.6. The first-order valence-electron chi connectivity index (χ1n) is 8.34.